The van der Waals surface area contributed by atoms with Gasteiger partial charge in [0.2, 0.25) is 0 Å². The van der Waals surface area contributed by atoms with Gasteiger partial charge < -0.3 is 14.7 Å². The van der Waals surface area contributed by atoms with Crippen LogP contribution in [0.1, 0.15) is 6.42 Å². The Morgan fingerprint density at radius 3 is 2.96 bits per heavy atom. The lowest BCUT2D eigenvalue weighted by atomic mass is 9.75. The molecule has 1 aromatic heterocycles. The van der Waals surface area contributed by atoms with Gasteiger partial charge in [-0.05, 0) is 30.7 Å². The van der Waals surface area contributed by atoms with Crippen molar-refractivity contribution in [2.24, 2.45) is 11.3 Å². The van der Waals surface area contributed by atoms with Gasteiger partial charge in [0, 0.05) is 42.0 Å². The maximum Gasteiger partial charge on any atom is 0.185 e. The molecular weight excluding hydrogens is 315 g/mol. The van der Waals surface area contributed by atoms with Crippen LogP contribution in [-0.2, 0) is 4.74 Å². The van der Waals surface area contributed by atoms with Crippen LogP contribution in [0.5, 0.6) is 0 Å². The van der Waals surface area contributed by atoms with Crippen LogP contribution in [0.4, 0.5) is 9.52 Å². The Morgan fingerprint density at radius 1 is 1.39 bits per heavy atom. The number of benzene rings is 1. The van der Waals surface area contributed by atoms with E-state index in [2.05, 4.69) is 4.90 Å². The van der Waals surface area contributed by atoms with Crippen molar-refractivity contribution < 1.29 is 14.2 Å². The maximum atomic E-state index is 13.0. The molecule has 0 aliphatic carbocycles. The van der Waals surface area contributed by atoms with E-state index in [1.54, 1.807) is 23.5 Å². The third-order valence-corrected chi connectivity index (χ3v) is 5.99. The van der Waals surface area contributed by atoms with Crippen LogP contribution in [0.15, 0.2) is 29.6 Å². The maximum absolute atomic E-state index is 13.0. The Labute approximate surface area is 138 Å². The molecule has 2 fully saturated rings. The predicted octanol–water partition coefficient (Wildman–Crippen LogP) is 2.78. The topological polar surface area (TPSA) is 45.6 Å². The van der Waals surface area contributed by atoms with E-state index in [9.17, 15) is 9.50 Å². The molecule has 0 spiro atoms. The molecule has 1 N–H and O–H groups in total. The minimum atomic E-state index is -0.238. The van der Waals surface area contributed by atoms with E-state index in [1.165, 1.54) is 12.1 Å². The van der Waals surface area contributed by atoms with Crippen LogP contribution in [0.3, 0.4) is 0 Å². The number of hydrogen-bond acceptors (Lipinski definition) is 5. The van der Waals surface area contributed by atoms with Crippen molar-refractivity contribution in [3.8, 4) is 11.3 Å². The molecule has 2 aromatic rings. The van der Waals surface area contributed by atoms with Crippen molar-refractivity contribution in [2.45, 2.75) is 6.42 Å². The Morgan fingerprint density at radius 2 is 2.22 bits per heavy atom. The fraction of sp³-hybridized carbons (Fsp3) is 0.471. The summed E-state index contributed by atoms with van der Waals surface area (Å²) in [6, 6.07) is 6.41. The molecule has 2 aliphatic rings. The van der Waals surface area contributed by atoms with Gasteiger partial charge in [0.15, 0.2) is 5.13 Å². The van der Waals surface area contributed by atoms with Gasteiger partial charge in [0.25, 0.3) is 0 Å². The van der Waals surface area contributed by atoms with Gasteiger partial charge in [-0.15, -0.1) is 11.3 Å². The van der Waals surface area contributed by atoms with Crippen LogP contribution in [0.2, 0.25) is 0 Å². The highest BCUT2D eigenvalue weighted by molar-refractivity contribution is 7.14. The van der Waals surface area contributed by atoms with Crippen LogP contribution in [0.25, 0.3) is 11.3 Å². The molecule has 6 heteroatoms. The summed E-state index contributed by atoms with van der Waals surface area (Å²) in [5, 5.41) is 12.9. The summed E-state index contributed by atoms with van der Waals surface area (Å²) in [5.41, 5.74) is 1.74. The fourth-order valence-electron chi connectivity index (χ4n) is 3.61. The lowest BCUT2D eigenvalue weighted by Gasteiger charge is -2.36. The first-order valence-corrected chi connectivity index (χ1v) is 8.73. The van der Waals surface area contributed by atoms with Gasteiger partial charge in [0.1, 0.15) is 5.82 Å². The zero-order valence-electron chi connectivity index (χ0n) is 12.7. The number of halogens is 1. The number of anilines is 1. The number of aromatic nitrogens is 1. The van der Waals surface area contributed by atoms with Crippen molar-refractivity contribution in [1.29, 1.82) is 0 Å². The smallest absolute Gasteiger partial charge is 0.185 e. The minimum absolute atomic E-state index is 0.0556. The van der Waals surface area contributed by atoms with Crippen molar-refractivity contribution in [3.63, 3.8) is 0 Å². The highest BCUT2D eigenvalue weighted by Crippen LogP contribution is 2.44. The normalized spacial score (nSPS) is 27.2. The molecule has 0 bridgehead atoms. The van der Waals surface area contributed by atoms with E-state index < -0.39 is 0 Å². The zero-order valence-corrected chi connectivity index (χ0v) is 13.6. The van der Waals surface area contributed by atoms with Gasteiger partial charge in [-0.2, -0.15) is 0 Å². The number of aliphatic hydroxyl groups excluding tert-OH is 1. The predicted molar refractivity (Wildman–Crippen MR) is 88.2 cm³/mol. The van der Waals surface area contributed by atoms with Gasteiger partial charge in [-0.1, -0.05) is 0 Å². The van der Waals surface area contributed by atoms with E-state index in [4.69, 9.17) is 9.72 Å². The molecular formula is C17H19FN2O2S. The first-order valence-electron chi connectivity index (χ1n) is 7.85. The molecule has 23 heavy (non-hydrogen) atoms. The van der Waals surface area contributed by atoms with Crippen molar-refractivity contribution in [3.05, 3.63) is 35.5 Å². The molecule has 122 valence electrons. The first-order chi connectivity index (χ1) is 11.2. The van der Waals surface area contributed by atoms with Crippen molar-refractivity contribution in [2.75, 3.05) is 37.8 Å². The lowest BCUT2D eigenvalue weighted by Crippen LogP contribution is -2.41. The van der Waals surface area contributed by atoms with E-state index in [0.29, 0.717) is 12.5 Å². The van der Waals surface area contributed by atoms with Crippen LogP contribution >= 0.6 is 11.3 Å². The largest absolute Gasteiger partial charge is 0.396 e. The molecule has 0 saturated carbocycles. The second-order valence-electron chi connectivity index (χ2n) is 6.45. The number of aliphatic hydroxyl groups is 1. The third-order valence-electron chi connectivity index (χ3n) is 5.09. The second kappa shape index (κ2) is 5.85. The summed E-state index contributed by atoms with van der Waals surface area (Å²) >= 11 is 1.60. The average Bonchev–Trinajstić information content (AvgIpc) is 3.20. The highest BCUT2D eigenvalue weighted by Gasteiger charge is 2.48. The summed E-state index contributed by atoms with van der Waals surface area (Å²) in [5.74, 6) is 0.122. The molecule has 0 unspecified atom stereocenters. The van der Waals surface area contributed by atoms with Crippen LogP contribution in [0, 0.1) is 17.2 Å². The molecule has 2 saturated heterocycles. The molecule has 2 aliphatic heterocycles. The van der Waals surface area contributed by atoms with Crippen LogP contribution in [-0.4, -0.2) is 43.0 Å². The van der Waals surface area contributed by atoms with Crippen molar-refractivity contribution >= 4 is 16.5 Å². The van der Waals surface area contributed by atoms with Crippen molar-refractivity contribution in [1.82, 2.24) is 4.98 Å². The molecule has 2 atom stereocenters. The Kier molecular flexibility index (Phi) is 3.83. The first kappa shape index (κ1) is 15.1. The molecule has 1 aromatic carbocycles. The minimum Gasteiger partial charge on any atom is -0.396 e. The lowest BCUT2D eigenvalue weighted by molar-refractivity contribution is -0.0410. The SMILES string of the molecule is OC[C@]12CCOC[C@H]1CN(c1nc(-c3ccc(F)cc3)cs1)C2. The summed E-state index contributed by atoms with van der Waals surface area (Å²) in [7, 11) is 0. The summed E-state index contributed by atoms with van der Waals surface area (Å²) in [6.07, 6.45) is 0.904. The second-order valence-corrected chi connectivity index (χ2v) is 7.28. The quantitative estimate of drug-likeness (QED) is 0.937. The summed E-state index contributed by atoms with van der Waals surface area (Å²) in [4.78, 5) is 6.97. The number of ether oxygens (including phenoxy) is 1. The average molecular weight is 334 g/mol. The van der Waals surface area contributed by atoms with Gasteiger partial charge in [0.05, 0.1) is 18.9 Å². The molecule has 4 nitrogen and oxygen atoms in total. The molecule has 0 amide bonds. The Hall–Kier alpha value is -1.50. The summed E-state index contributed by atoms with van der Waals surface area (Å²) in [6.45, 7) is 3.34. The van der Waals surface area contributed by atoms with E-state index >= 15 is 0 Å². The number of nitrogens with zero attached hydrogens (tertiary/aromatic N) is 2. The fourth-order valence-corrected chi connectivity index (χ4v) is 4.46. The van der Waals surface area contributed by atoms with E-state index in [-0.39, 0.29) is 17.8 Å². The van der Waals surface area contributed by atoms with Gasteiger partial charge in [-0.25, -0.2) is 9.37 Å². The monoisotopic (exact) mass is 334 g/mol. The molecule has 0 radical (unpaired) electrons. The third kappa shape index (κ3) is 2.65. The van der Waals surface area contributed by atoms with E-state index in [1.807, 2.05) is 5.38 Å². The molecule has 3 heterocycles. The standard InChI is InChI=1S/C17H19FN2O2S/c18-14-3-1-12(2-4-14)15-9-23-16(19-15)20-7-13-8-22-6-5-17(13,10-20)11-21/h1-4,9,13,21H,5-8,10-11H2/t13-,17-/m1/s1. The van der Waals surface area contributed by atoms with E-state index in [0.717, 1.165) is 42.5 Å². The van der Waals surface area contributed by atoms with Gasteiger partial charge in [-0.3, -0.25) is 0 Å². The zero-order chi connectivity index (χ0) is 15.9. The molecule has 4 rings (SSSR count). The van der Waals surface area contributed by atoms with Crippen LogP contribution < -0.4 is 4.90 Å². The Balaban J connectivity index is 1.56. The number of fused-ring (bicyclic) bond motifs is 1. The summed E-state index contributed by atoms with van der Waals surface area (Å²) < 4.78 is 18.6. The number of rotatable bonds is 3. The Bertz CT molecular complexity index is 690. The number of thiazole rings is 1. The highest BCUT2D eigenvalue weighted by atomic mass is 32.1. The van der Waals surface area contributed by atoms with Gasteiger partial charge >= 0.3 is 0 Å². The number of hydrogen-bond donors (Lipinski definition) is 1.